The van der Waals surface area contributed by atoms with Crippen LogP contribution in [0.15, 0.2) is 10.3 Å². The molecule has 16 nitrogen and oxygen atoms in total. The maximum Gasteiger partial charge on any atom is 0.191 e. The van der Waals surface area contributed by atoms with Gasteiger partial charge in [0.25, 0.3) is 0 Å². The summed E-state index contributed by atoms with van der Waals surface area (Å²) in [6.07, 6.45) is 1.28. The fraction of sp³-hybridized carbons (Fsp3) is 0.765. The number of nitrogens with zero attached hydrogens (tertiary/aromatic N) is 6. The molecule has 0 spiro atoms. The van der Waals surface area contributed by atoms with Crippen molar-refractivity contribution in [1.82, 2.24) is 29.9 Å². The third-order valence-electron chi connectivity index (χ3n) is 9.31. The molecule has 0 aromatic carbocycles. The number of nitrogens with one attached hydrogen (secondary N) is 2. The van der Waals surface area contributed by atoms with Crippen LogP contribution in [0.3, 0.4) is 0 Å². The fourth-order valence-corrected chi connectivity index (χ4v) is 8.76. The van der Waals surface area contributed by atoms with Crippen LogP contribution < -0.4 is 10.6 Å². The molecule has 18 heteroatoms. The van der Waals surface area contributed by atoms with E-state index in [0.717, 1.165) is 24.3 Å². The van der Waals surface area contributed by atoms with Crippen LogP contribution in [0.25, 0.3) is 22.3 Å². The van der Waals surface area contributed by atoms with Crippen LogP contribution in [-0.2, 0) is 28.4 Å². The summed E-state index contributed by atoms with van der Waals surface area (Å²) < 4.78 is 37.2. The van der Waals surface area contributed by atoms with Crippen molar-refractivity contribution in [3.8, 4) is 0 Å². The van der Waals surface area contributed by atoms with E-state index in [1.165, 1.54) is 0 Å². The van der Waals surface area contributed by atoms with Gasteiger partial charge in [0.1, 0.15) is 24.4 Å². The molecule has 0 unspecified atom stereocenters. The molecule has 2 saturated carbocycles. The number of ether oxygens (including phenoxy) is 6. The molecule has 2 aliphatic heterocycles. The van der Waals surface area contributed by atoms with Crippen LogP contribution >= 0.6 is 23.5 Å². The predicted octanol–water partition coefficient (Wildman–Crippen LogP) is 3.53. The molecule has 8 atom stereocenters. The number of aliphatic hydroxyl groups excluding tert-OH is 2. The Morgan fingerprint density at radius 1 is 0.635 bits per heavy atom. The number of rotatable bonds is 16. The first-order valence-electron chi connectivity index (χ1n) is 18.2. The monoisotopic (exact) mass is 762 g/mol. The van der Waals surface area contributed by atoms with E-state index in [2.05, 4.69) is 24.5 Å². The summed E-state index contributed by atoms with van der Waals surface area (Å²) in [7, 11) is 0. The number of aliphatic hydroxyl groups is 2. The van der Waals surface area contributed by atoms with Crippen LogP contribution in [0.2, 0.25) is 0 Å². The van der Waals surface area contributed by atoms with Crippen molar-refractivity contribution in [3.05, 3.63) is 0 Å². The first-order chi connectivity index (χ1) is 25.0. The maximum absolute atomic E-state index is 9.46. The molecule has 3 aromatic heterocycles. The molecule has 5 heterocycles. The summed E-state index contributed by atoms with van der Waals surface area (Å²) in [5.41, 5.74) is 1.77. The highest BCUT2D eigenvalue weighted by molar-refractivity contribution is 7.99. The number of thioether (sulfide) groups is 2. The van der Waals surface area contributed by atoms with Gasteiger partial charge in [-0.2, -0.15) is 0 Å². The molecule has 0 amide bonds. The fourth-order valence-electron chi connectivity index (χ4n) is 7.37. The molecule has 2 aliphatic carbocycles. The van der Waals surface area contributed by atoms with Crippen LogP contribution in [-0.4, -0.2) is 138 Å². The average molecular weight is 763 g/mol. The lowest BCUT2D eigenvalue weighted by molar-refractivity contribution is -0.168. The molecule has 286 valence electrons. The Labute approximate surface area is 311 Å². The first-order valence-corrected chi connectivity index (χ1v) is 20.2. The molecule has 4 fully saturated rings. The zero-order valence-electron chi connectivity index (χ0n) is 30.5. The Hall–Kier alpha value is -2.26. The molecule has 4 aliphatic rings. The number of aromatic nitrogens is 6. The van der Waals surface area contributed by atoms with Gasteiger partial charge in [0.05, 0.1) is 50.7 Å². The summed E-state index contributed by atoms with van der Waals surface area (Å²) in [6.45, 7) is 12.0. The van der Waals surface area contributed by atoms with Gasteiger partial charge >= 0.3 is 0 Å². The summed E-state index contributed by atoms with van der Waals surface area (Å²) in [5.74, 6) is 1.14. The van der Waals surface area contributed by atoms with E-state index in [0.29, 0.717) is 57.1 Å². The lowest BCUT2D eigenvalue weighted by Gasteiger charge is -2.25. The lowest BCUT2D eigenvalue weighted by atomic mass is 10.2. The van der Waals surface area contributed by atoms with E-state index in [-0.39, 0.29) is 75.1 Å². The Bertz CT molecular complexity index is 1600. The minimum absolute atomic E-state index is 0.0798. The third kappa shape index (κ3) is 8.06. The first kappa shape index (κ1) is 38.0. The van der Waals surface area contributed by atoms with E-state index < -0.39 is 11.6 Å². The predicted molar refractivity (Wildman–Crippen MR) is 196 cm³/mol. The topological polar surface area (TPSA) is 197 Å². The van der Waals surface area contributed by atoms with Gasteiger partial charge in [0, 0.05) is 11.5 Å². The van der Waals surface area contributed by atoms with E-state index in [1.807, 2.05) is 27.7 Å². The summed E-state index contributed by atoms with van der Waals surface area (Å²) in [6, 6.07) is -0.440. The highest BCUT2D eigenvalue weighted by Gasteiger charge is 2.56. The number of fused-ring (bicyclic) bond motifs is 4. The second-order valence-electron chi connectivity index (χ2n) is 14.3. The van der Waals surface area contributed by atoms with Gasteiger partial charge in [-0.05, 0) is 53.4 Å². The highest BCUT2D eigenvalue weighted by atomic mass is 32.2. The van der Waals surface area contributed by atoms with Crippen molar-refractivity contribution in [3.63, 3.8) is 0 Å². The molecule has 2 saturated heterocycles. The van der Waals surface area contributed by atoms with Crippen molar-refractivity contribution in [2.45, 2.75) is 138 Å². The largest absolute Gasteiger partial charge is 0.394 e. The van der Waals surface area contributed by atoms with Crippen LogP contribution in [0.5, 0.6) is 0 Å². The van der Waals surface area contributed by atoms with Gasteiger partial charge in [0.15, 0.2) is 55.9 Å². The molecule has 3 aromatic rings. The lowest BCUT2D eigenvalue weighted by Crippen LogP contribution is -2.35. The maximum atomic E-state index is 9.46. The van der Waals surface area contributed by atoms with Gasteiger partial charge in [-0.1, -0.05) is 37.4 Å². The van der Waals surface area contributed by atoms with Gasteiger partial charge < -0.3 is 49.3 Å². The molecule has 0 radical (unpaired) electrons. The Morgan fingerprint density at radius 3 is 1.42 bits per heavy atom. The van der Waals surface area contributed by atoms with Crippen molar-refractivity contribution < 1.29 is 38.6 Å². The highest BCUT2D eigenvalue weighted by Crippen LogP contribution is 2.43. The standard InChI is InChI=1S/C34H50N8O8S2/c1-7-13-51-31-39-27(35-17-15-19(45-11-9-43)25-23(17)47-33(3,4)49-25)21-29(41-31)37-22-28(40-32(52-14-8-2)42-30(22)38-21)36-18-16-20(46-12-10-44)26-24(18)48-34(5,6)50-26/h17-20,23-26,43-44H,7-16H2,1-6H3,(H,35,37,39,41)(H,36,38,40,42)/t17-,18-,19+,20+,23+,24+,25-,26-/m0/s1. The molecule has 0 bridgehead atoms. The van der Waals surface area contributed by atoms with Crippen molar-refractivity contribution >= 4 is 57.5 Å². The van der Waals surface area contributed by atoms with Crippen LogP contribution in [0.4, 0.5) is 11.6 Å². The number of anilines is 2. The summed E-state index contributed by atoms with van der Waals surface area (Å²) in [4.78, 5) is 29.7. The van der Waals surface area contributed by atoms with Crippen LogP contribution in [0.1, 0.15) is 67.2 Å². The number of hydrogen-bond acceptors (Lipinski definition) is 18. The summed E-state index contributed by atoms with van der Waals surface area (Å²) >= 11 is 3.10. The molecule has 52 heavy (non-hydrogen) atoms. The zero-order valence-corrected chi connectivity index (χ0v) is 32.2. The quantitative estimate of drug-likeness (QED) is 0.0939. The van der Waals surface area contributed by atoms with Gasteiger partial charge in [-0.3, -0.25) is 0 Å². The summed E-state index contributed by atoms with van der Waals surface area (Å²) in [5, 5.41) is 27.3. The van der Waals surface area contributed by atoms with Crippen molar-refractivity contribution in [1.29, 1.82) is 0 Å². The van der Waals surface area contributed by atoms with Crippen molar-refractivity contribution in [2.75, 3.05) is 48.6 Å². The zero-order chi connectivity index (χ0) is 36.6. The molecular formula is C34H50N8O8S2. The normalized spacial score (nSPS) is 30.3. The van der Waals surface area contributed by atoms with E-state index >= 15 is 0 Å². The number of hydrogen-bond donors (Lipinski definition) is 4. The Kier molecular flexibility index (Phi) is 11.6. The van der Waals surface area contributed by atoms with Gasteiger partial charge in [-0.15, -0.1) is 0 Å². The van der Waals surface area contributed by atoms with Gasteiger partial charge in [-0.25, -0.2) is 29.9 Å². The van der Waals surface area contributed by atoms with E-state index in [9.17, 15) is 10.2 Å². The minimum atomic E-state index is -0.787. The van der Waals surface area contributed by atoms with Gasteiger partial charge in [0.2, 0.25) is 0 Å². The average Bonchev–Trinajstić information content (AvgIpc) is 3.80. The van der Waals surface area contributed by atoms with E-state index in [4.69, 9.17) is 58.3 Å². The second kappa shape index (κ2) is 15.8. The minimum Gasteiger partial charge on any atom is -0.394 e. The van der Waals surface area contributed by atoms with Crippen molar-refractivity contribution in [2.24, 2.45) is 0 Å². The Morgan fingerprint density at radius 2 is 1.04 bits per heavy atom. The molecule has 4 N–H and O–H groups in total. The van der Waals surface area contributed by atoms with Crippen LogP contribution in [0, 0.1) is 0 Å². The Balaban J connectivity index is 1.27. The molecule has 7 rings (SSSR count). The second-order valence-corrected chi connectivity index (χ2v) is 16.5. The SMILES string of the molecule is CCCSc1nc(N[C@H]2C[C@@H](OCCO)[C@@H]3OC(C)(C)O[C@@H]32)c2nc3nc(SCCC)nc(N[C@H]4C[C@@H](OCCO)[C@@H]5OC(C)(C)O[C@@H]54)c3nc2n1. The smallest absolute Gasteiger partial charge is 0.191 e. The molecular weight excluding hydrogens is 713 g/mol. The van der Waals surface area contributed by atoms with E-state index in [1.54, 1.807) is 23.5 Å². The third-order valence-corrected chi connectivity index (χ3v) is 11.4.